The molecule has 10 heteroatoms. The molecule has 3 rings (SSSR count). The largest absolute Gasteiger partial charge is 0.394 e. The topological polar surface area (TPSA) is 103 Å². The van der Waals surface area contributed by atoms with Crippen LogP contribution in [0.25, 0.3) is 10.2 Å². The maximum atomic E-state index is 13.4. The standard InChI is InChI=1S/C18H15F3N2O4S/c19-9-5-8(6-10(20)14(9)21)12(7-24)22-17(27)15(25)16(26)18-23-11-3-1-2-4-13(11)28-18/h1-6,12,15-16,24-26H,7H2,(H,22,27). The second-order valence-corrected chi connectivity index (χ2v) is 7.01. The lowest BCUT2D eigenvalue weighted by atomic mass is 10.1. The zero-order valence-corrected chi connectivity index (χ0v) is 15.0. The van der Waals surface area contributed by atoms with E-state index in [1.165, 1.54) is 0 Å². The van der Waals surface area contributed by atoms with Gasteiger partial charge in [0, 0.05) is 0 Å². The Bertz CT molecular complexity index is 957. The lowest BCUT2D eigenvalue weighted by molar-refractivity contribution is -0.136. The van der Waals surface area contributed by atoms with Crippen molar-refractivity contribution in [2.75, 3.05) is 6.61 Å². The number of hydrogen-bond acceptors (Lipinski definition) is 6. The quantitative estimate of drug-likeness (QED) is 0.464. The van der Waals surface area contributed by atoms with Crippen LogP contribution < -0.4 is 5.32 Å². The fourth-order valence-corrected chi connectivity index (χ4v) is 3.55. The summed E-state index contributed by atoms with van der Waals surface area (Å²) in [5, 5.41) is 32.0. The van der Waals surface area contributed by atoms with Gasteiger partial charge in [-0.25, -0.2) is 18.2 Å². The molecule has 6 nitrogen and oxygen atoms in total. The van der Waals surface area contributed by atoms with Gasteiger partial charge in [-0.2, -0.15) is 0 Å². The number of halogens is 3. The van der Waals surface area contributed by atoms with Crippen LogP contribution >= 0.6 is 11.3 Å². The molecule has 3 aromatic rings. The lowest BCUT2D eigenvalue weighted by Gasteiger charge is -2.21. The smallest absolute Gasteiger partial charge is 0.252 e. The molecular formula is C18H15F3N2O4S. The molecule has 4 N–H and O–H groups in total. The molecule has 1 aromatic heterocycles. The fourth-order valence-electron chi connectivity index (χ4n) is 2.56. The molecule has 0 fully saturated rings. The SMILES string of the molecule is O=C(NC(CO)c1cc(F)c(F)c(F)c1)C(O)C(O)c1nc2ccccc2s1. The number of fused-ring (bicyclic) bond motifs is 1. The van der Waals surface area contributed by atoms with Crippen molar-refractivity contribution >= 4 is 27.5 Å². The average Bonchev–Trinajstić information content (AvgIpc) is 3.12. The minimum absolute atomic E-state index is 0.100. The van der Waals surface area contributed by atoms with Crippen LogP contribution in [0.15, 0.2) is 36.4 Å². The summed E-state index contributed by atoms with van der Waals surface area (Å²) < 4.78 is 40.6. The first kappa shape index (κ1) is 20.2. The minimum atomic E-state index is -1.95. The molecule has 0 aliphatic heterocycles. The monoisotopic (exact) mass is 412 g/mol. The van der Waals surface area contributed by atoms with Gasteiger partial charge in [-0.3, -0.25) is 4.79 Å². The number of thiazole rings is 1. The highest BCUT2D eigenvalue weighted by atomic mass is 32.1. The van der Waals surface area contributed by atoms with E-state index in [9.17, 15) is 33.3 Å². The number of amides is 1. The lowest BCUT2D eigenvalue weighted by Crippen LogP contribution is -2.41. The molecule has 0 spiro atoms. The maximum Gasteiger partial charge on any atom is 0.252 e. The van der Waals surface area contributed by atoms with Gasteiger partial charge in [0.05, 0.1) is 22.9 Å². The molecule has 148 valence electrons. The Morgan fingerprint density at radius 1 is 1.14 bits per heavy atom. The molecule has 3 atom stereocenters. The number of hydrogen-bond donors (Lipinski definition) is 4. The van der Waals surface area contributed by atoms with E-state index in [0.717, 1.165) is 16.0 Å². The minimum Gasteiger partial charge on any atom is -0.394 e. The Hall–Kier alpha value is -2.53. The Kier molecular flexibility index (Phi) is 5.94. The van der Waals surface area contributed by atoms with Crippen molar-refractivity contribution in [2.45, 2.75) is 18.2 Å². The molecule has 0 radical (unpaired) electrons. The molecule has 0 aliphatic carbocycles. The number of nitrogens with zero attached hydrogens (tertiary/aromatic N) is 1. The van der Waals surface area contributed by atoms with E-state index in [1.807, 2.05) is 0 Å². The number of aliphatic hydroxyl groups excluding tert-OH is 3. The molecule has 28 heavy (non-hydrogen) atoms. The van der Waals surface area contributed by atoms with Crippen LogP contribution in [0.4, 0.5) is 13.2 Å². The highest BCUT2D eigenvalue weighted by Gasteiger charge is 2.30. The van der Waals surface area contributed by atoms with Crippen LogP contribution in [0.3, 0.4) is 0 Å². The van der Waals surface area contributed by atoms with Crippen molar-refractivity contribution < 1.29 is 33.3 Å². The summed E-state index contributed by atoms with van der Waals surface area (Å²) in [5.74, 6) is -5.76. The maximum absolute atomic E-state index is 13.4. The summed E-state index contributed by atoms with van der Waals surface area (Å²) in [6.45, 7) is -0.778. The number of nitrogens with one attached hydrogen (secondary N) is 1. The molecule has 0 saturated carbocycles. The van der Waals surface area contributed by atoms with Crippen LogP contribution in [-0.2, 0) is 4.79 Å². The van der Waals surface area contributed by atoms with E-state index < -0.39 is 48.2 Å². The third kappa shape index (κ3) is 3.99. The van der Waals surface area contributed by atoms with E-state index in [-0.39, 0.29) is 10.6 Å². The first-order chi connectivity index (χ1) is 13.3. The zero-order chi connectivity index (χ0) is 20.4. The summed E-state index contributed by atoms with van der Waals surface area (Å²) >= 11 is 1.09. The summed E-state index contributed by atoms with van der Waals surface area (Å²) in [5.41, 5.74) is 0.341. The number of rotatable bonds is 6. The van der Waals surface area contributed by atoms with Gasteiger partial charge in [0.1, 0.15) is 11.1 Å². The first-order valence-electron chi connectivity index (χ1n) is 8.09. The summed E-state index contributed by atoms with van der Waals surface area (Å²) in [4.78, 5) is 16.4. The van der Waals surface area contributed by atoms with Crippen molar-refractivity contribution in [1.82, 2.24) is 10.3 Å². The van der Waals surface area contributed by atoms with E-state index in [1.54, 1.807) is 24.3 Å². The molecular weight excluding hydrogens is 397 g/mol. The van der Waals surface area contributed by atoms with Crippen molar-refractivity contribution in [3.8, 4) is 0 Å². The Morgan fingerprint density at radius 2 is 1.79 bits per heavy atom. The van der Waals surface area contributed by atoms with Crippen molar-refractivity contribution in [2.24, 2.45) is 0 Å². The Balaban J connectivity index is 1.76. The molecule has 1 amide bonds. The summed E-state index contributed by atoms with van der Waals surface area (Å²) in [6.07, 6.45) is -3.61. The molecule has 0 aliphatic rings. The van der Waals surface area contributed by atoms with Gasteiger partial charge < -0.3 is 20.6 Å². The molecule has 0 saturated heterocycles. The third-order valence-corrected chi connectivity index (χ3v) is 5.15. The van der Waals surface area contributed by atoms with Crippen LogP contribution in [0.2, 0.25) is 0 Å². The van der Waals surface area contributed by atoms with Crippen LogP contribution in [0.5, 0.6) is 0 Å². The van der Waals surface area contributed by atoms with Crippen molar-refractivity contribution in [3.05, 3.63) is 64.4 Å². The Labute approximate surface area is 160 Å². The normalized spacial score (nSPS) is 14.6. The van der Waals surface area contributed by atoms with Gasteiger partial charge in [-0.1, -0.05) is 12.1 Å². The molecule has 3 unspecified atom stereocenters. The van der Waals surface area contributed by atoms with Gasteiger partial charge in [0.15, 0.2) is 23.6 Å². The van der Waals surface area contributed by atoms with Crippen LogP contribution in [0, 0.1) is 17.5 Å². The van der Waals surface area contributed by atoms with Gasteiger partial charge in [0.25, 0.3) is 5.91 Å². The fraction of sp³-hybridized carbons (Fsp3) is 0.222. The van der Waals surface area contributed by atoms with Crippen LogP contribution in [0.1, 0.15) is 22.7 Å². The van der Waals surface area contributed by atoms with Gasteiger partial charge in [-0.05, 0) is 29.8 Å². The molecule has 2 aromatic carbocycles. The average molecular weight is 412 g/mol. The highest BCUT2D eigenvalue weighted by Crippen LogP contribution is 2.28. The first-order valence-corrected chi connectivity index (χ1v) is 8.90. The van der Waals surface area contributed by atoms with Crippen LogP contribution in [-0.4, -0.2) is 38.9 Å². The second kappa shape index (κ2) is 8.23. The zero-order valence-electron chi connectivity index (χ0n) is 14.1. The summed E-state index contributed by atoms with van der Waals surface area (Å²) in [7, 11) is 0. The van der Waals surface area contributed by atoms with Gasteiger partial charge >= 0.3 is 0 Å². The molecule has 1 heterocycles. The van der Waals surface area contributed by atoms with Gasteiger partial charge in [0.2, 0.25) is 0 Å². The number of carbonyl (C=O) groups excluding carboxylic acids is 1. The van der Waals surface area contributed by atoms with Crippen molar-refractivity contribution in [1.29, 1.82) is 0 Å². The van der Waals surface area contributed by atoms with E-state index in [2.05, 4.69) is 10.3 Å². The summed E-state index contributed by atoms with van der Waals surface area (Å²) in [6, 6.07) is 6.89. The number of aromatic nitrogens is 1. The number of carbonyl (C=O) groups is 1. The third-order valence-electron chi connectivity index (χ3n) is 4.04. The number of para-hydroxylation sites is 1. The van der Waals surface area contributed by atoms with E-state index in [0.29, 0.717) is 17.6 Å². The van der Waals surface area contributed by atoms with E-state index >= 15 is 0 Å². The predicted molar refractivity (Wildman–Crippen MR) is 94.9 cm³/mol. The predicted octanol–water partition coefficient (Wildman–Crippen LogP) is 1.96. The second-order valence-electron chi connectivity index (χ2n) is 5.95. The molecule has 0 bridgehead atoms. The number of benzene rings is 2. The van der Waals surface area contributed by atoms with Gasteiger partial charge in [-0.15, -0.1) is 11.3 Å². The highest BCUT2D eigenvalue weighted by molar-refractivity contribution is 7.18. The van der Waals surface area contributed by atoms with E-state index in [4.69, 9.17) is 0 Å². The van der Waals surface area contributed by atoms with Crippen molar-refractivity contribution in [3.63, 3.8) is 0 Å². The Morgan fingerprint density at radius 3 is 2.39 bits per heavy atom. The number of aliphatic hydroxyl groups is 3.